The van der Waals surface area contributed by atoms with Gasteiger partial charge >= 0.3 is 5.97 Å². The molecule has 27 heavy (non-hydrogen) atoms. The number of carbonyl (C=O) groups excluding carboxylic acids is 2. The number of thioether (sulfide) groups is 2. The van der Waals surface area contributed by atoms with Crippen LogP contribution in [-0.4, -0.2) is 44.5 Å². The number of thiophene rings is 1. The number of carbonyl (C=O) groups is 3. The molecular formula is C19H19NO4S3. The Labute approximate surface area is 170 Å². The number of benzene rings is 1. The Morgan fingerprint density at radius 2 is 1.96 bits per heavy atom. The molecular weight excluding hydrogens is 402 g/mol. The Bertz CT molecular complexity index is 810. The third-order valence-corrected chi connectivity index (χ3v) is 7.77. The number of aliphatic carboxylic acids is 1. The summed E-state index contributed by atoms with van der Waals surface area (Å²) in [7, 11) is 0. The average molecular weight is 422 g/mol. The van der Waals surface area contributed by atoms with E-state index in [0.29, 0.717) is 17.1 Å². The highest BCUT2D eigenvalue weighted by Crippen LogP contribution is 2.44. The molecule has 1 aliphatic rings. The van der Waals surface area contributed by atoms with E-state index in [0.717, 1.165) is 16.6 Å². The van der Waals surface area contributed by atoms with Crippen molar-refractivity contribution in [1.29, 1.82) is 0 Å². The molecule has 3 atom stereocenters. The van der Waals surface area contributed by atoms with Crippen LogP contribution in [0.3, 0.4) is 0 Å². The van der Waals surface area contributed by atoms with E-state index in [-0.39, 0.29) is 16.4 Å². The van der Waals surface area contributed by atoms with Crippen molar-refractivity contribution in [1.82, 2.24) is 4.90 Å². The second kappa shape index (κ2) is 8.95. The van der Waals surface area contributed by atoms with Crippen LogP contribution in [0.4, 0.5) is 0 Å². The Morgan fingerprint density at radius 3 is 2.59 bits per heavy atom. The molecule has 0 aliphatic carbocycles. The molecule has 142 valence electrons. The second-order valence-electron chi connectivity index (χ2n) is 6.17. The van der Waals surface area contributed by atoms with Gasteiger partial charge in [0.2, 0.25) is 11.0 Å². The Morgan fingerprint density at radius 1 is 1.22 bits per heavy atom. The lowest BCUT2D eigenvalue weighted by Gasteiger charge is -2.29. The van der Waals surface area contributed by atoms with E-state index >= 15 is 0 Å². The molecule has 0 saturated carbocycles. The summed E-state index contributed by atoms with van der Waals surface area (Å²) in [4.78, 5) is 39.4. The highest BCUT2D eigenvalue weighted by atomic mass is 32.2. The predicted molar refractivity (Wildman–Crippen MR) is 110 cm³/mol. The number of carboxylic acid groups (broad SMARTS) is 1. The Kier molecular flexibility index (Phi) is 6.62. The van der Waals surface area contributed by atoms with Gasteiger partial charge in [-0.15, -0.1) is 23.1 Å². The summed E-state index contributed by atoms with van der Waals surface area (Å²) in [6.07, 6.45) is 0. The molecule has 0 radical (unpaired) electrons. The van der Waals surface area contributed by atoms with Crippen molar-refractivity contribution in [2.45, 2.75) is 18.3 Å². The van der Waals surface area contributed by atoms with Gasteiger partial charge in [0, 0.05) is 27.9 Å². The largest absolute Gasteiger partial charge is 0.480 e. The number of carboxylic acids is 1. The maximum Gasteiger partial charge on any atom is 0.327 e. The molecule has 1 aromatic heterocycles. The normalized spacial score (nSPS) is 20.4. The van der Waals surface area contributed by atoms with Crippen LogP contribution in [0.2, 0.25) is 0 Å². The summed E-state index contributed by atoms with van der Waals surface area (Å²) in [6.45, 7) is 1.75. The molecule has 5 nitrogen and oxygen atoms in total. The lowest BCUT2D eigenvalue weighted by atomic mass is 10.1. The minimum Gasteiger partial charge on any atom is -0.480 e. The van der Waals surface area contributed by atoms with Crippen molar-refractivity contribution in [2.75, 3.05) is 11.5 Å². The monoisotopic (exact) mass is 421 g/mol. The van der Waals surface area contributed by atoms with E-state index in [1.807, 2.05) is 23.6 Å². The molecule has 1 aliphatic heterocycles. The summed E-state index contributed by atoms with van der Waals surface area (Å²) < 4.78 is 0. The van der Waals surface area contributed by atoms with E-state index < -0.39 is 17.9 Å². The van der Waals surface area contributed by atoms with Crippen molar-refractivity contribution in [3.05, 3.63) is 58.3 Å². The first-order valence-corrected chi connectivity index (χ1v) is 11.3. The molecule has 1 fully saturated rings. The van der Waals surface area contributed by atoms with Crippen molar-refractivity contribution in [3.63, 3.8) is 0 Å². The SMILES string of the molecule is C[C@H](CSC(=O)c1ccccc1)C(=O)N1C(c2cccs2)SC[C@H]1C(=O)O. The summed E-state index contributed by atoms with van der Waals surface area (Å²) >= 11 is 4.08. The topological polar surface area (TPSA) is 74.7 Å². The standard InChI is InChI=1S/C19H19NO4S3/c1-12(10-27-19(24)13-6-3-2-4-7-13)16(21)20-14(18(22)23)11-26-17(20)15-8-5-9-25-15/h2-9,12,14,17H,10-11H2,1H3,(H,22,23)/t12-,14+,17?/m1/s1. The van der Waals surface area contributed by atoms with Gasteiger partial charge in [-0.05, 0) is 11.4 Å². The van der Waals surface area contributed by atoms with Crippen molar-refractivity contribution in [3.8, 4) is 0 Å². The smallest absolute Gasteiger partial charge is 0.327 e. The van der Waals surface area contributed by atoms with Gasteiger partial charge in [-0.1, -0.05) is 55.1 Å². The fourth-order valence-corrected chi connectivity index (χ4v) is 6.04. The third kappa shape index (κ3) is 4.56. The van der Waals surface area contributed by atoms with Crippen molar-refractivity contribution in [2.24, 2.45) is 5.92 Å². The minimum atomic E-state index is -0.991. The summed E-state index contributed by atoms with van der Waals surface area (Å²) in [5, 5.41) is 11.1. The number of hydrogen-bond donors (Lipinski definition) is 1. The third-order valence-electron chi connectivity index (χ3n) is 4.22. The predicted octanol–water partition coefficient (Wildman–Crippen LogP) is 3.99. The van der Waals surface area contributed by atoms with E-state index in [9.17, 15) is 19.5 Å². The van der Waals surface area contributed by atoms with Crippen molar-refractivity contribution < 1.29 is 19.5 Å². The van der Waals surface area contributed by atoms with Gasteiger partial charge in [0.15, 0.2) is 0 Å². The quantitative estimate of drug-likeness (QED) is 0.760. The first-order valence-electron chi connectivity index (χ1n) is 8.41. The lowest BCUT2D eigenvalue weighted by Crippen LogP contribution is -2.45. The maximum absolute atomic E-state index is 13.0. The van der Waals surface area contributed by atoms with Crippen LogP contribution in [-0.2, 0) is 9.59 Å². The van der Waals surface area contributed by atoms with E-state index in [2.05, 4.69) is 0 Å². The Hall–Kier alpha value is -1.77. The van der Waals surface area contributed by atoms with E-state index in [1.165, 1.54) is 28.0 Å². The number of nitrogens with zero attached hydrogens (tertiary/aromatic N) is 1. The molecule has 1 N–H and O–H groups in total. The van der Waals surface area contributed by atoms with Gasteiger partial charge in [0.1, 0.15) is 11.4 Å². The molecule has 1 aromatic carbocycles. The van der Waals surface area contributed by atoms with Crippen LogP contribution in [0.5, 0.6) is 0 Å². The molecule has 1 amide bonds. The molecule has 8 heteroatoms. The fraction of sp³-hybridized carbons (Fsp3) is 0.316. The van der Waals surface area contributed by atoms with E-state index in [1.54, 1.807) is 31.2 Å². The number of rotatable bonds is 6. The van der Waals surface area contributed by atoms with Crippen LogP contribution in [0.25, 0.3) is 0 Å². The molecule has 2 heterocycles. The zero-order valence-corrected chi connectivity index (χ0v) is 17.1. The lowest BCUT2D eigenvalue weighted by molar-refractivity contribution is -0.150. The van der Waals surface area contributed by atoms with Crippen LogP contribution < -0.4 is 0 Å². The van der Waals surface area contributed by atoms with Gasteiger partial charge in [-0.2, -0.15) is 0 Å². The van der Waals surface area contributed by atoms with Gasteiger partial charge in [0.05, 0.1) is 0 Å². The number of amides is 1. The zero-order chi connectivity index (χ0) is 19.4. The van der Waals surface area contributed by atoms with Crippen LogP contribution >= 0.6 is 34.9 Å². The summed E-state index contributed by atoms with van der Waals surface area (Å²) in [5.41, 5.74) is 0.596. The van der Waals surface area contributed by atoms with Gasteiger partial charge in [0.25, 0.3) is 0 Å². The van der Waals surface area contributed by atoms with Gasteiger partial charge < -0.3 is 10.0 Å². The van der Waals surface area contributed by atoms with E-state index in [4.69, 9.17) is 0 Å². The minimum absolute atomic E-state index is 0.0874. The Balaban J connectivity index is 1.69. The highest BCUT2D eigenvalue weighted by Gasteiger charge is 2.43. The molecule has 3 rings (SSSR count). The molecule has 1 saturated heterocycles. The average Bonchev–Trinajstić information content (AvgIpc) is 3.35. The maximum atomic E-state index is 13.0. The summed E-state index contributed by atoms with van der Waals surface area (Å²) in [5.74, 6) is -0.983. The van der Waals surface area contributed by atoms with Gasteiger partial charge in [-0.3, -0.25) is 9.59 Å². The van der Waals surface area contributed by atoms with Crippen LogP contribution in [0.1, 0.15) is 27.5 Å². The first kappa shape index (κ1) is 20.0. The fourth-order valence-electron chi connectivity index (χ4n) is 2.80. The first-order chi connectivity index (χ1) is 13.0. The van der Waals surface area contributed by atoms with Crippen LogP contribution in [0, 0.1) is 5.92 Å². The van der Waals surface area contributed by atoms with Gasteiger partial charge in [-0.25, -0.2) is 4.79 Å². The highest BCUT2D eigenvalue weighted by molar-refractivity contribution is 8.14. The molecule has 0 spiro atoms. The second-order valence-corrected chi connectivity index (χ2v) is 9.25. The molecule has 0 bridgehead atoms. The number of hydrogen-bond acceptors (Lipinski definition) is 6. The summed E-state index contributed by atoms with van der Waals surface area (Å²) in [6, 6.07) is 11.9. The molecule has 2 aromatic rings. The molecule has 1 unspecified atom stereocenters. The van der Waals surface area contributed by atoms with Crippen LogP contribution in [0.15, 0.2) is 47.8 Å². The zero-order valence-electron chi connectivity index (χ0n) is 14.6. The van der Waals surface area contributed by atoms with Crippen molar-refractivity contribution >= 4 is 51.9 Å².